The summed E-state index contributed by atoms with van der Waals surface area (Å²) in [5.74, 6) is 1.05. The van der Waals surface area contributed by atoms with Crippen LogP contribution < -0.4 is 9.47 Å². The fraction of sp³-hybridized carbons (Fsp3) is 0.429. The summed E-state index contributed by atoms with van der Waals surface area (Å²) in [6.07, 6.45) is 0.961. The molecule has 0 saturated heterocycles. The SMILES string of the molecule is COC(=O)c1ccc(COc2ccc(C(C)(C)CC(C)(C)C)cc2OCc2ccc(C(=O)OC)o2)o1. The molecule has 0 aliphatic carbocycles. The molecule has 0 aliphatic heterocycles. The molecule has 0 radical (unpaired) electrons. The summed E-state index contributed by atoms with van der Waals surface area (Å²) in [7, 11) is 2.59. The van der Waals surface area contributed by atoms with Crippen LogP contribution >= 0.6 is 0 Å². The summed E-state index contributed by atoms with van der Waals surface area (Å²) >= 11 is 0. The molecule has 36 heavy (non-hydrogen) atoms. The normalized spacial score (nSPS) is 11.8. The maximum Gasteiger partial charge on any atom is 0.373 e. The first-order valence-corrected chi connectivity index (χ1v) is 11.7. The van der Waals surface area contributed by atoms with Gasteiger partial charge in [0.25, 0.3) is 0 Å². The number of hydrogen-bond acceptors (Lipinski definition) is 8. The molecular weight excluding hydrogens is 464 g/mol. The van der Waals surface area contributed by atoms with Gasteiger partial charge in [0.05, 0.1) is 14.2 Å². The van der Waals surface area contributed by atoms with Crippen LogP contribution in [0.4, 0.5) is 0 Å². The first-order valence-electron chi connectivity index (χ1n) is 11.7. The van der Waals surface area contributed by atoms with Gasteiger partial charge in [-0.25, -0.2) is 9.59 Å². The van der Waals surface area contributed by atoms with Gasteiger partial charge in [0.1, 0.15) is 24.7 Å². The first kappa shape index (κ1) is 26.9. The van der Waals surface area contributed by atoms with Gasteiger partial charge in [-0.15, -0.1) is 0 Å². The van der Waals surface area contributed by atoms with E-state index in [1.165, 1.54) is 20.3 Å². The highest BCUT2D eigenvalue weighted by Crippen LogP contribution is 2.40. The highest BCUT2D eigenvalue weighted by Gasteiger charge is 2.28. The van der Waals surface area contributed by atoms with Crippen LogP contribution in [0.2, 0.25) is 0 Å². The van der Waals surface area contributed by atoms with Crippen LogP contribution in [0.25, 0.3) is 0 Å². The van der Waals surface area contributed by atoms with Gasteiger partial charge in [0, 0.05) is 0 Å². The predicted octanol–water partition coefficient (Wildman–Crippen LogP) is 6.32. The van der Waals surface area contributed by atoms with Crippen LogP contribution in [-0.2, 0) is 28.1 Å². The minimum Gasteiger partial charge on any atom is -0.482 e. The van der Waals surface area contributed by atoms with E-state index >= 15 is 0 Å². The zero-order valence-corrected chi connectivity index (χ0v) is 21.9. The van der Waals surface area contributed by atoms with E-state index in [0.29, 0.717) is 23.0 Å². The molecule has 0 aliphatic rings. The van der Waals surface area contributed by atoms with E-state index in [4.69, 9.17) is 23.0 Å². The highest BCUT2D eigenvalue weighted by atomic mass is 16.6. The van der Waals surface area contributed by atoms with Crippen molar-refractivity contribution in [3.8, 4) is 11.5 Å². The molecule has 8 nitrogen and oxygen atoms in total. The number of carbonyl (C=O) groups excluding carboxylic acids is 2. The molecule has 194 valence electrons. The Balaban J connectivity index is 1.83. The monoisotopic (exact) mass is 498 g/mol. The Kier molecular flexibility index (Phi) is 8.17. The van der Waals surface area contributed by atoms with Crippen LogP contribution in [0.15, 0.2) is 51.3 Å². The second-order valence-corrected chi connectivity index (χ2v) is 10.4. The largest absolute Gasteiger partial charge is 0.482 e. The van der Waals surface area contributed by atoms with Crippen molar-refractivity contribution in [1.82, 2.24) is 0 Å². The quantitative estimate of drug-likeness (QED) is 0.300. The molecule has 8 heteroatoms. The van der Waals surface area contributed by atoms with E-state index < -0.39 is 11.9 Å². The van der Waals surface area contributed by atoms with Crippen molar-refractivity contribution in [2.24, 2.45) is 5.41 Å². The number of esters is 2. The summed E-state index contributed by atoms with van der Waals surface area (Å²) in [5, 5.41) is 0. The van der Waals surface area contributed by atoms with Crippen molar-refractivity contribution in [2.75, 3.05) is 14.2 Å². The number of carbonyl (C=O) groups is 2. The topological polar surface area (TPSA) is 97.3 Å². The summed E-state index contributed by atoms with van der Waals surface area (Å²) in [6, 6.07) is 12.3. The number of hydrogen-bond donors (Lipinski definition) is 0. The number of rotatable bonds is 10. The van der Waals surface area contributed by atoms with E-state index in [9.17, 15) is 9.59 Å². The van der Waals surface area contributed by atoms with Crippen molar-refractivity contribution in [3.05, 3.63) is 71.1 Å². The van der Waals surface area contributed by atoms with Crippen LogP contribution in [-0.4, -0.2) is 26.2 Å². The Morgan fingerprint density at radius 2 is 1.22 bits per heavy atom. The van der Waals surface area contributed by atoms with Gasteiger partial charge in [0.15, 0.2) is 11.5 Å². The molecule has 0 spiro atoms. The van der Waals surface area contributed by atoms with Gasteiger partial charge in [-0.05, 0) is 59.2 Å². The van der Waals surface area contributed by atoms with Crippen LogP contribution in [0, 0.1) is 5.41 Å². The van der Waals surface area contributed by atoms with Crippen LogP contribution in [0.5, 0.6) is 11.5 Å². The molecule has 1 aromatic carbocycles. The predicted molar refractivity (Wildman–Crippen MR) is 132 cm³/mol. The fourth-order valence-electron chi connectivity index (χ4n) is 4.22. The smallest absolute Gasteiger partial charge is 0.373 e. The van der Waals surface area contributed by atoms with E-state index in [-0.39, 0.29) is 35.6 Å². The van der Waals surface area contributed by atoms with E-state index in [2.05, 4.69) is 39.4 Å². The Labute approximate surface area is 211 Å². The van der Waals surface area contributed by atoms with Crippen molar-refractivity contribution in [1.29, 1.82) is 0 Å². The summed E-state index contributed by atoms with van der Waals surface area (Å²) < 4.78 is 32.5. The Morgan fingerprint density at radius 3 is 1.69 bits per heavy atom. The van der Waals surface area contributed by atoms with Crippen LogP contribution in [0.1, 0.15) is 79.2 Å². The third-order valence-electron chi connectivity index (χ3n) is 5.53. The standard InChI is InChI=1S/C28H34O8/c1-27(2,3)17-28(4,5)18-8-11-21(33-15-19-9-12-22(35-19)25(29)31-6)24(14-18)34-16-20-10-13-23(36-20)26(30)32-7/h8-14H,15-17H2,1-7H3. The van der Waals surface area contributed by atoms with Crippen molar-refractivity contribution >= 4 is 11.9 Å². The Morgan fingerprint density at radius 1 is 0.722 bits per heavy atom. The minimum absolute atomic E-state index is 0.0871. The maximum absolute atomic E-state index is 11.7. The average Bonchev–Trinajstić information content (AvgIpc) is 3.49. The molecular formula is C28H34O8. The van der Waals surface area contributed by atoms with E-state index in [1.807, 2.05) is 18.2 Å². The van der Waals surface area contributed by atoms with Crippen molar-refractivity contribution in [2.45, 2.75) is 59.7 Å². The third-order valence-corrected chi connectivity index (χ3v) is 5.53. The zero-order valence-electron chi connectivity index (χ0n) is 21.9. The second kappa shape index (κ2) is 10.9. The number of ether oxygens (including phenoxy) is 4. The lowest BCUT2D eigenvalue weighted by molar-refractivity contribution is 0.0552. The maximum atomic E-state index is 11.7. The van der Waals surface area contributed by atoms with Gasteiger partial charge >= 0.3 is 11.9 Å². The minimum atomic E-state index is -0.555. The molecule has 0 bridgehead atoms. The number of methoxy groups -OCH3 is 2. The van der Waals surface area contributed by atoms with Gasteiger partial charge in [-0.2, -0.15) is 0 Å². The van der Waals surface area contributed by atoms with Gasteiger partial charge < -0.3 is 27.8 Å². The van der Waals surface area contributed by atoms with Gasteiger partial charge in [-0.3, -0.25) is 0 Å². The van der Waals surface area contributed by atoms with E-state index in [0.717, 1.165) is 12.0 Å². The van der Waals surface area contributed by atoms with Crippen molar-refractivity contribution < 1.29 is 37.4 Å². The molecule has 2 heterocycles. The lowest BCUT2D eigenvalue weighted by atomic mass is 9.72. The lowest BCUT2D eigenvalue weighted by Gasteiger charge is -2.33. The number of benzene rings is 1. The van der Waals surface area contributed by atoms with Gasteiger partial charge in [-0.1, -0.05) is 40.7 Å². The summed E-state index contributed by atoms with van der Waals surface area (Å²) in [4.78, 5) is 23.3. The molecule has 0 unspecified atom stereocenters. The number of furan rings is 2. The highest BCUT2D eigenvalue weighted by molar-refractivity contribution is 5.86. The molecule has 2 aromatic heterocycles. The fourth-order valence-corrected chi connectivity index (χ4v) is 4.22. The zero-order chi connectivity index (χ0) is 26.5. The summed E-state index contributed by atoms with van der Waals surface area (Å²) in [5.41, 5.74) is 1.11. The van der Waals surface area contributed by atoms with Crippen molar-refractivity contribution in [3.63, 3.8) is 0 Å². The molecule has 0 amide bonds. The molecule has 0 N–H and O–H groups in total. The first-order chi connectivity index (χ1) is 16.9. The molecule has 3 aromatic rings. The Bertz CT molecular complexity index is 1190. The third kappa shape index (κ3) is 6.93. The van der Waals surface area contributed by atoms with E-state index in [1.54, 1.807) is 18.2 Å². The average molecular weight is 499 g/mol. The van der Waals surface area contributed by atoms with Gasteiger partial charge in [0.2, 0.25) is 11.5 Å². The lowest BCUT2D eigenvalue weighted by Crippen LogP contribution is -2.24. The summed E-state index contributed by atoms with van der Waals surface area (Å²) in [6.45, 7) is 11.2. The molecule has 0 fully saturated rings. The van der Waals surface area contributed by atoms with Crippen LogP contribution in [0.3, 0.4) is 0 Å². The Hall–Kier alpha value is -3.68. The molecule has 3 rings (SSSR count). The molecule has 0 saturated carbocycles. The second-order valence-electron chi connectivity index (χ2n) is 10.4. The molecule has 0 atom stereocenters.